The maximum Gasteiger partial charge on any atom is 0.224 e. The first-order chi connectivity index (χ1) is 14.8. The zero-order valence-electron chi connectivity index (χ0n) is 18.6. The average Bonchev–Trinajstić information content (AvgIpc) is 2.86. The molecule has 0 aromatic heterocycles. The van der Waals surface area contributed by atoms with Gasteiger partial charge in [-0.3, -0.25) is 14.5 Å². The molecule has 0 saturated heterocycles. The Morgan fingerprint density at radius 1 is 1.10 bits per heavy atom. The van der Waals surface area contributed by atoms with Crippen LogP contribution in [0.3, 0.4) is 0 Å². The largest absolute Gasteiger partial charge is 0.497 e. The Labute approximate surface area is 182 Å². The predicted molar refractivity (Wildman–Crippen MR) is 121 cm³/mol. The molecule has 1 aliphatic carbocycles. The lowest BCUT2D eigenvalue weighted by molar-refractivity contribution is -0.118. The lowest BCUT2D eigenvalue weighted by Gasteiger charge is -2.37. The third-order valence-electron chi connectivity index (χ3n) is 5.98. The van der Waals surface area contributed by atoms with Crippen LogP contribution in [-0.4, -0.2) is 25.9 Å². The fourth-order valence-electron chi connectivity index (χ4n) is 4.67. The molecule has 1 aliphatic heterocycles. The molecule has 4 rings (SSSR count). The van der Waals surface area contributed by atoms with E-state index in [0.29, 0.717) is 29.9 Å². The SMILES string of the molecule is COc1ccc([C@H]2C3=C(CC(C)(C)CC3=O)Nc3ccccc3N2C(C)=O)c(OC)c1. The summed E-state index contributed by atoms with van der Waals surface area (Å²) in [4.78, 5) is 28.2. The van der Waals surface area contributed by atoms with Crippen molar-refractivity contribution < 1.29 is 19.1 Å². The Balaban J connectivity index is 2.03. The number of allylic oxidation sites excluding steroid dienone is 1. The van der Waals surface area contributed by atoms with Crippen LogP contribution in [0.15, 0.2) is 53.7 Å². The molecule has 0 saturated carbocycles. The predicted octanol–water partition coefficient (Wildman–Crippen LogP) is 4.87. The first kappa shape index (κ1) is 21.0. The number of carbonyl (C=O) groups is 2. The van der Waals surface area contributed by atoms with Gasteiger partial charge in [-0.25, -0.2) is 0 Å². The molecule has 2 aromatic rings. The number of fused-ring (bicyclic) bond motifs is 1. The number of nitrogens with one attached hydrogen (secondary N) is 1. The van der Waals surface area contributed by atoms with Crippen molar-refractivity contribution in [1.29, 1.82) is 0 Å². The van der Waals surface area contributed by atoms with Crippen LogP contribution in [0.2, 0.25) is 0 Å². The number of carbonyl (C=O) groups excluding carboxylic acids is 2. The maximum atomic E-state index is 13.5. The minimum absolute atomic E-state index is 0.0423. The minimum Gasteiger partial charge on any atom is -0.497 e. The van der Waals surface area contributed by atoms with Gasteiger partial charge in [-0.15, -0.1) is 0 Å². The topological polar surface area (TPSA) is 67.9 Å². The van der Waals surface area contributed by atoms with Crippen LogP contribution < -0.4 is 19.7 Å². The van der Waals surface area contributed by atoms with Crippen LogP contribution in [0.4, 0.5) is 11.4 Å². The molecule has 31 heavy (non-hydrogen) atoms. The number of ketones is 1. The normalized spacial score (nSPS) is 19.7. The van der Waals surface area contributed by atoms with Gasteiger partial charge < -0.3 is 14.8 Å². The second-order valence-electron chi connectivity index (χ2n) is 8.87. The van der Waals surface area contributed by atoms with E-state index in [4.69, 9.17) is 9.47 Å². The number of ether oxygens (including phenoxy) is 2. The number of para-hydroxylation sites is 2. The van der Waals surface area contributed by atoms with Gasteiger partial charge in [-0.05, 0) is 36.1 Å². The summed E-state index contributed by atoms with van der Waals surface area (Å²) in [6, 6.07) is 12.6. The first-order valence-electron chi connectivity index (χ1n) is 10.4. The zero-order chi connectivity index (χ0) is 22.3. The molecule has 2 aromatic carbocycles. The van der Waals surface area contributed by atoms with Gasteiger partial charge in [0.15, 0.2) is 5.78 Å². The molecule has 6 nitrogen and oxygen atoms in total. The molecular weight excluding hydrogens is 392 g/mol. The van der Waals surface area contributed by atoms with Crippen LogP contribution in [0, 0.1) is 5.41 Å². The first-order valence-corrected chi connectivity index (χ1v) is 10.4. The van der Waals surface area contributed by atoms with E-state index in [1.165, 1.54) is 6.92 Å². The van der Waals surface area contributed by atoms with E-state index in [2.05, 4.69) is 19.2 Å². The molecular formula is C25H28N2O4. The lowest BCUT2D eigenvalue weighted by Crippen LogP contribution is -2.38. The van der Waals surface area contributed by atoms with Crippen molar-refractivity contribution in [2.24, 2.45) is 5.41 Å². The molecule has 1 heterocycles. The number of methoxy groups -OCH3 is 2. The summed E-state index contributed by atoms with van der Waals surface area (Å²) in [5, 5.41) is 3.49. The number of nitrogens with zero attached hydrogens (tertiary/aromatic N) is 1. The second-order valence-corrected chi connectivity index (χ2v) is 8.87. The Kier molecular flexibility index (Phi) is 5.25. The van der Waals surface area contributed by atoms with E-state index in [0.717, 1.165) is 22.6 Å². The Bertz CT molecular complexity index is 1090. The van der Waals surface area contributed by atoms with Crippen molar-refractivity contribution in [2.45, 2.75) is 39.7 Å². The van der Waals surface area contributed by atoms with Crippen LogP contribution in [0.25, 0.3) is 0 Å². The maximum absolute atomic E-state index is 13.5. The monoisotopic (exact) mass is 420 g/mol. The van der Waals surface area contributed by atoms with Gasteiger partial charge in [0.05, 0.1) is 31.6 Å². The van der Waals surface area contributed by atoms with Crippen molar-refractivity contribution in [2.75, 3.05) is 24.4 Å². The van der Waals surface area contributed by atoms with E-state index in [1.807, 2.05) is 36.4 Å². The third kappa shape index (κ3) is 3.67. The highest BCUT2D eigenvalue weighted by Gasteiger charge is 2.43. The molecule has 6 heteroatoms. The second kappa shape index (κ2) is 7.76. The quantitative estimate of drug-likeness (QED) is 0.768. The summed E-state index contributed by atoms with van der Waals surface area (Å²) in [5.74, 6) is 1.11. The van der Waals surface area contributed by atoms with Gasteiger partial charge >= 0.3 is 0 Å². The van der Waals surface area contributed by atoms with Crippen molar-refractivity contribution in [3.8, 4) is 11.5 Å². The number of rotatable bonds is 3. The number of benzene rings is 2. The molecule has 2 aliphatic rings. The van der Waals surface area contributed by atoms with Gasteiger partial charge in [-0.2, -0.15) is 0 Å². The summed E-state index contributed by atoms with van der Waals surface area (Å²) in [6.45, 7) is 5.72. The van der Waals surface area contributed by atoms with Gasteiger partial charge in [0.25, 0.3) is 0 Å². The number of amides is 1. The summed E-state index contributed by atoms with van der Waals surface area (Å²) >= 11 is 0. The Morgan fingerprint density at radius 2 is 1.84 bits per heavy atom. The molecule has 0 fully saturated rings. The Hall–Kier alpha value is -3.28. The van der Waals surface area contributed by atoms with Crippen molar-refractivity contribution in [3.05, 3.63) is 59.3 Å². The van der Waals surface area contributed by atoms with E-state index in [1.54, 1.807) is 25.2 Å². The van der Waals surface area contributed by atoms with Crippen LogP contribution in [-0.2, 0) is 9.59 Å². The van der Waals surface area contributed by atoms with Crippen LogP contribution >= 0.6 is 0 Å². The molecule has 1 amide bonds. The zero-order valence-corrected chi connectivity index (χ0v) is 18.6. The van der Waals surface area contributed by atoms with Gasteiger partial charge in [-0.1, -0.05) is 26.0 Å². The standard InChI is InChI=1S/C25H28N2O4/c1-15(28)27-20-9-7-6-8-18(20)26-19-13-25(2,3)14-21(29)23(19)24(27)17-11-10-16(30-4)12-22(17)31-5/h6-12,24,26H,13-14H2,1-5H3/t24-/m0/s1. The van der Waals surface area contributed by atoms with Crippen molar-refractivity contribution in [3.63, 3.8) is 0 Å². The van der Waals surface area contributed by atoms with Gasteiger partial charge in [0, 0.05) is 36.2 Å². The fourth-order valence-corrected chi connectivity index (χ4v) is 4.67. The molecule has 0 bridgehead atoms. The van der Waals surface area contributed by atoms with E-state index in [9.17, 15) is 9.59 Å². The molecule has 0 radical (unpaired) electrons. The number of Topliss-reactive ketones (excluding diaryl/α,β-unsaturated/α-hetero) is 1. The van der Waals surface area contributed by atoms with Gasteiger partial charge in [0.2, 0.25) is 5.91 Å². The molecule has 1 atom stereocenters. The number of hydrogen-bond donors (Lipinski definition) is 1. The van der Waals surface area contributed by atoms with E-state index >= 15 is 0 Å². The van der Waals surface area contributed by atoms with Crippen LogP contribution in [0.5, 0.6) is 11.5 Å². The summed E-state index contributed by atoms with van der Waals surface area (Å²) in [6.07, 6.45) is 1.13. The highest BCUT2D eigenvalue weighted by atomic mass is 16.5. The van der Waals surface area contributed by atoms with Crippen molar-refractivity contribution in [1.82, 2.24) is 0 Å². The highest BCUT2D eigenvalue weighted by Crippen LogP contribution is 2.50. The number of hydrogen-bond acceptors (Lipinski definition) is 5. The molecule has 162 valence electrons. The van der Waals surface area contributed by atoms with Gasteiger partial charge in [0.1, 0.15) is 11.5 Å². The third-order valence-corrected chi connectivity index (χ3v) is 5.98. The lowest BCUT2D eigenvalue weighted by atomic mass is 9.73. The van der Waals surface area contributed by atoms with Crippen LogP contribution in [0.1, 0.15) is 45.2 Å². The van der Waals surface area contributed by atoms with E-state index < -0.39 is 6.04 Å². The smallest absolute Gasteiger partial charge is 0.224 e. The minimum atomic E-state index is -0.604. The molecule has 0 spiro atoms. The number of anilines is 2. The summed E-state index contributed by atoms with van der Waals surface area (Å²) in [7, 11) is 3.18. The van der Waals surface area contributed by atoms with E-state index in [-0.39, 0.29) is 17.1 Å². The highest BCUT2D eigenvalue weighted by molar-refractivity contribution is 6.06. The summed E-state index contributed by atoms with van der Waals surface area (Å²) in [5.41, 5.74) is 3.60. The summed E-state index contributed by atoms with van der Waals surface area (Å²) < 4.78 is 11.0. The molecule has 0 unspecified atom stereocenters. The average molecular weight is 421 g/mol. The fraction of sp³-hybridized carbons (Fsp3) is 0.360. The molecule has 1 N–H and O–H groups in total. The van der Waals surface area contributed by atoms with Crippen molar-refractivity contribution >= 4 is 23.1 Å². The Morgan fingerprint density at radius 3 is 2.52 bits per heavy atom.